The Balaban J connectivity index is 2.42. The number of hydrogen-bond donors (Lipinski definition) is 0. The Morgan fingerprint density at radius 2 is 1.89 bits per heavy atom. The van der Waals surface area contributed by atoms with Crippen LogP contribution >= 0.6 is 34.8 Å². The van der Waals surface area contributed by atoms with Gasteiger partial charge in [0, 0.05) is 24.0 Å². The maximum absolute atomic E-state index is 12.8. The summed E-state index contributed by atoms with van der Waals surface area (Å²) in [7, 11) is 0. The molecule has 0 saturated carbocycles. The molecule has 10 heteroatoms. The third-order valence-electron chi connectivity index (χ3n) is 3.40. The monoisotopic (exact) mass is 433 g/mol. The number of imidazole rings is 1. The van der Waals surface area contributed by atoms with Crippen LogP contribution in [-0.2, 0) is 9.53 Å². The van der Waals surface area contributed by atoms with Crippen LogP contribution in [0.1, 0.15) is 20.3 Å². The Bertz CT molecular complexity index is 776. The van der Waals surface area contributed by atoms with Gasteiger partial charge in [0.2, 0.25) is 0 Å². The molecule has 2 aromatic rings. The number of ether oxygens (including phenoxy) is 2. The zero-order valence-electron chi connectivity index (χ0n) is 14.7. The number of halogens is 3. The van der Waals surface area contributed by atoms with E-state index in [1.165, 1.54) is 40.3 Å². The summed E-state index contributed by atoms with van der Waals surface area (Å²) >= 11 is 18.2. The Kier molecular flexibility index (Phi) is 7.77. The summed E-state index contributed by atoms with van der Waals surface area (Å²) in [6, 6.07) is 2.34. The maximum atomic E-state index is 12.8. The summed E-state index contributed by atoms with van der Waals surface area (Å²) in [5, 5.41) is 0.520. The highest BCUT2D eigenvalue weighted by molar-refractivity contribution is 6.40. The van der Waals surface area contributed by atoms with Crippen molar-refractivity contribution in [2.75, 3.05) is 13.2 Å². The first-order valence-corrected chi connectivity index (χ1v) is 9.29. The van der Waals surface area contributed by atoms with Crippen LogP contribution in [0.5, 0.6) is 5.75 Å². The quantitative estimate of drug-likeness (QED) is 0.474. The van der Waals surface area contributed by atoms with Gasteiger partial charge in [-0.1, -0.05) is 41.7 Å². The summed E-state index contributed by atoms with van der Waals surface area (Å²) in [6.45, 7) is 3.85. The molecule has 1 heterocycles. The second-order valence-corrected chi connectivity index (χ2v) is 6.62. The van der Waals surface area contributed by atoms with Crippen molar-refractivity contribution in [2.24, 2.45) is 0 Å². The number of benzene rings is 1. The van der Waals surface area contributed by atoms with Gasteiger partial charge in [0.15, 0.2) is 5.75 Å². The standard InChI is InChI=1S/C17H18Cl3N3O4/c1-3-6-23(17(25)22-7-5-21-10-22)15(16(24)26-4-2)27-14-12(19)8-11(18)9-13(14)20/h5,7-10,15H,3-4,6H2,1-2H3. The first-order valence-electron chi connectivity index (χ1n) is 8.15. The molecule has 0 aliphatic carbocycles. The van der Waals surface area contributed by atoms with Crippen molar-refractivity contribution in [1.29, 1.82) is 0 Å². The lowest BCUT2D eigenvalue weighted by Crippen LogP contribution is -2.51. The Morgan fingerprint density at radius 3 is 2.41 bits per heavy atom. The maximum Gasteiger partial charge on any atom is 0.369 e. The SMILES string of the molecule is CCCN(C(=O)n1ccnc1)C(Oc1c(Cl)cc(Cl)cc1Cl)C(=O)OCC. The zero-order chi connectivity index (χ0) is 20.0. The molecule has 27 heavy (non-hydrogen) atoms. The van der Waals surface area contributed by atoms with Gasteiger partial charge >= 0.3 is 12.0 Å². The van der Waals surface area contributed by atoms with Crippen LogP contribution < -0.4 is 4.74 Å². The second-order valence-electron chi connectivity index (χ2n) is 5.37. The fourth-order valence-electron chi connectivity index (χ4n) is 2.28. The fourth-order valence-corrected chi connectivity index (χ4v) is 3.19. The van der Waals surface area contributed by atoms with E-state index in [0.29, 0.717) is 11.4 Å². The predicted octanol–water partition coefficient (Wildman–Crippen LogP) is 4.49. The molecule has 0 aliphatic rings. The van der Waals surface area contributed by atoms with E-state index in [-0.39, 0.29) is 28.9 Å². The first-order chi connectivity index (χ1) is 12.9. The first kappa shape index (κ1) is 21.3. The molecular weight excluding hydrogens is 417 g/mol. The number of carbonyl (C=O) groups excluding carboxylic acids is 2. The van der Waals surface area contributed by atoms with Crippen LogP contribution in [0, 0.1) is 0 Å². The van der Waals surface area contributed by atoms with Crippen LogP contribution in [0.3, 0.4) is 0 Å². The van der Waals surface area contributed by atoms with E-state index in [0.717, 1.165) is 0 Å². The third kappa shape index (κ3) is 5.28. The highest BCUT2D eigenvalue weighted by Gasteiger charge is 2.34. The summed E-state index contributed by atoms with van der Waals surface area (Å²) in [5.74, 6) is -0.721. The molecule has 7 nitrogen and oxygen atoms in total. The van der Waals surface area contributed by atoms with Gasteiger partial charge in [0.1, 0.15) is 6.33 Å². The van der Waals surface area contributed by atoms with E-state index in [1.54, 1.807) is 6.92 Å². The number of aromatic nitrogens is 2. The summed E-state index contributed by atoms with van der Waals surface area (Å²) in [5.41, 5.74) is 0. The lowest BCUT2D eigenvalue weighted by Gasteiger charge is -2.30. The average Bonchev–Trinajstić information content (AvgIpc) is 3.14. The number of esters is 1. The topological polar surface area (TPSA) is 73.7 Å². The molecule has 0 radical (unpaired) electrons. The highest BCUT2D eigenvalue weighted by atomic mass is 35.5. The zero-order valence-corrected chi connectivity index (χ0v) is 17.0. The van der Waals surface area contributed by atoms with Crippen LogP contribution in [0.15, 0.2) is 30.9 Å². The lowest BCUT2D eigenvalue weighted by molar-refractivity contribution is -0.158. The van der Waals surface area contributed by atoms with Crippen LogP contribution in [0.25, 0.3) is 0 Å². The minimum Gasteiger partial charge on any atom is -0.462 e. The van der Waals surface area contributed by atoms with Crippen molar-refractivity contribution >= 4 is 46.8 Å². The highest BCUT2D eigenvalue weighted by Crippen LogP contribution is 2.37. The molecule has 146 valence electrons. The van der Waals surface area contributed by atoms with Crippen molar-refractivity contribution < 1.29 is 19.1 Å². The van der Waals surface area contributed by atoms with Gasteiger partial charge in [0.05, 0.1) is 16.7 Å². The number of nitrogens with zero attached hydrogens (tertiary/aromatic N) is 3. The largest absolute Gasteiger partial charge is 0.462 e. The molecule has 1 amide bonds. The molecule has 0 spiro atoms. The van der Waals surface area contributed by atoms with Gasteiger partial charge in [-0.05, 0) is 25.5 Å². The van der Waals surface area contributed by atoms with Crippen molar-refractivity contribution in [2.45, 2.75) is 26.5 Å². The van der Waals surface area contributed by atoms with E-state index in [2.05, 4.69) is 4.98 Å². The molecule has 0 bridgehead atoms. The second kappa shape index (κ2) is 9.82. The molecule has 1 aromatic carbocycles. The summed E-state index contributed by atoms with van der Waals surface area (Å²) < 4.78 is 12.1. The molecule has 1 atom stereocenters. The Hall–Kier alpha value is -1.96. The molecule has 1 unspecified atom stereocenters. The van der Waals surface area contributed by atoms with E-state index < -0.39 is 18.2 Å². The molecule has 0 N–H and O–H groups in total. The molecule has 0 fully saturated rings. The van der Waals surface area contributed by atoms with Gasteiger partial charge < -0.3 is 9.47 Å². The smallest absolute Gasteiger partial charge is 0.369 e. The number of amides is 1. The van der Waals surface area contributed by atoms with Crippen LogP contribution in [0.2, 0.25) is 15.1 Å². The average molecular weight is 435 g/mol. The number of rotatable bonds is 7. The van der Waals surface area contributed by atoms with Crippen LogP contribution in [0.4, 0.5) is 4.79 Å². The van der Waals surface area contributed by atoms with Crippen molar-refractivity contribution in [3.8, 4) is 5.75 Å². The van der Waals surface area contributed by atoms with Gasteiger partial charge in [-0.3, -0.25) is 9.47 Å². The van der Waals surface area contributed by atoms with Crippen molar-refractivity contribution in [1.82, 2.24) is 14.5 Å². The molecule has 0 saturated heterocycles. The third-order valence-corrected chi connectivity index (χ3v) is 4.18. The Morgan fingerprint density at radius 1 is 1.22 bits per heavy atom. The van der Waals surface area contributed by atoms with Gasteiger partial charge in [0.25, 0.3) is 6.23 Å². The molecule has 0 aliphatic heterocycles. The minimum absolute atomic E-state index is 0.0281. The van der Waals surface area contributed by atoms with Crippen molar-refractivity contribution in [3.63, 3.8) is 0 Å². The van der Waals surface area contributed by atoms with Gasteiger partial charge in [-0.15, -0.1) is 0 Å². The predicted molar refractivity (Wildman–Crippen MR) is 103 cm³/mol. The van der Waals surface area contributed by atoms with Crippen molar-refractivity contribution in [3.05, 3.63) is 45.9 Å². The van der Waals surface area contributed by atoms with Gasteiger partial charge in [-0.2, -0.15) is 0 Å². The van der Waals surface area contributed by atoms with E-state index in [9.17, 15) is 9.59 Å². The van der Waals surface area contributed by atoms with Crippen LogP contribution in [-0.4, -0.2) is 45.8 Å². The Labute approximate surface area is 171 Å². The molecule has 2 rings (SSSR count). The summed E-state index contributed by atoms with van der Waals surface area (Å²) in [6.07, 6.45) is 3.43. The number of carbonyl (C=O) groups is 2. The lowest BCUT2D eigenvalue weighted by atomic mass is 10.3. The molecule has 1 aromatic heterocycles. The normalized spacial score (nSPS) is 11.7. The summed E-state index contributed by atoms with van der Waals surface area (Å²) in [4.78, 5) is 30.5. The molecular formula is C17H18Cl3N3O4. The fraction of sp³-hybridized carbons (Fsp3) is 0.353. The minimum atomic E-state index is -1.39. The number of hydrogen-bond acceptors (Lipinski definition) is 5. The van der Waals surface area contributed by atoms with Gasteiger partial charge in [-0.25, -0.2) is 14.6 Å². The van der Waals surface area contributed by atoms with E-state index in [4.69, 9.17) is 44.3 Å². The van der Waals surface area contributed by atoms with E-state index in [1.807, 2.05) is 6.92 Å². The van der Waals surface area contributed by atoms with E-state index >= 15 is 0 Å².